The van der Waals surface area contributed by atoms with E-state index in [1.165, 1.54) is 103 Å². The topological polar surface area (TPSA) is 78.9 Å². The van der Waals surface area contributed by atoms with Crippen LogP contribution in [0.1, 0.15) is 284 Å². The van der Waals surface area contributed by atoms with Crippen LogP contribution in [0.4, 0.5) is 0 Å². The molecule has 0 radical (unpaired) electrons. The molecule has 0 bridgehead atoms. The molecule has 80 heavy (non-hydrogen) atoms. The smallest absolute Gasteiger partial charge is 0.306 e. The van der Waals surface area contributed by atoms with E-state index < -0.39 is 6.10 Å². The highest BCUT2D eigenvalue weighted by Gasteiger charge is 2.19. The SMILES string of the molecule is CC/C=C\C/C=C\C/C=C\C/C=C\C/C=C\C/C=C\CCCCC(=O)OC(COC(=O)CCCCCCC/C=C\CCCCC)COC(=O)CCCCCCCCCCCCCCC/C=C\C/C=C\C/C=C\C/C=C\C/C=C\CC. The van der Waals surface area contributed by atoms with Crippen LogP contribution < -0.4 is 0 Å². The van der Waals surface area contributed by atoms with Gasteiger partial charge < -0.3 is 14.2 Å². The molecule has 452 valence electrons. The summed E-state index contributed by atoms with van der Waals surface area (Å²) in [5, 5.41) is 0. The number of carbonyl (C=O) groups is 3. The molecule has 0 fully saturated rings. The summed E-state index contributed by atoms with van der Waals surface area (Å²) < 4.78 is 16.9. The molecule has 0 aliphatic carbocycles. The van der Waals surface area contributed by atoms with E-state index in [0.29, 0.717) is 19.3 Å². The maximum atomic E-state index is 12.9. The first-order valence-electron chi connectivity index (χ1n) is 32.8. The van der Waals surface area contributed by atoms with Gasteiger partial charge in [0, 0.05) is 19.3 Å². The minimum absolute atomic E-state index is 0.103. The summed E-state index contributed by atoms with van der Waals surface area (Å²) in [6.07, 6.45) is 95.8. The summed E-state index contributed by atoms with van der Waals surface area (Å²) in [7, 11) is 0. The van der Waals surface area contributed by atoms with Crippen LogP contribution in [0.3, 0.4) is 0 Å². The van der Waals surface area contributed by atoms with Gasteiger partial charge in [-0.05, 0) is 141 Å². The van der Waals surface area contributed by atoms with E-state index in [2.05, 4.69) is 167 Å². The first kappa shape index (κ1) is 75.3. The molecule has 1 unspecified atom stereocenters. The Labute approximate surface area is 493 Å². The Morgan fingerprint density at radius 2 is 0.487 bits per heavy atom. The van der Waals surface area contributed by atoms with Gasteiger partial charge in [0.25, 0.3) is 0 Å². The van der Waals surface area contributed by atoms with Crippen molar-refractivity contribution in [2.45, 2.75) is 290 Å². The third-order valence-corrected chi connectivity index (χ3v) is 13.6. The highest BCUT2D eigenvalue weighted by atomic mass is 16.6. The Hall–Kier alpha value is -4.71. The maximum absolute atomic E-state index is 12.9. The molecule has 6 heteroatoms. The fraction of sp³-hybridized carbons (Fsp3) is 0.635. The lowest BCUT2D eigenvalue weighted by atomic mass is 10.0. The van der Waals surface area contributed by atoms with Gasteiger partial charge in [0.15, 0.2) is 6.10 Å². The van der Waals surface area contributed by atoms with E-state index in [9.17, 15) is 14.4 Å². The molecule has 0 saturated carbocycles. The molecular formula is C74H120O6. The second-order valence-electron chi connectivity index (χ2n) is 21.3. The average molecular weight is 1110 g/mol. The van der Waals surface area contributed by atoms with Gasteiger partial charge in [0.05, 0.1) is 0 Å². The van der Waals surface area contributed by atoms with E-state index in [4.69, 9.17) is 14.2 Å². The molecule has 0 spiro atoms. The molecule has 0 aliphatic heterocycles. The molecule has 0 heterocycles. The molecule has 0 amide bonds. The van der Waals surface area contributed by atoms with Crippen molar-refractivity contribution >= 4 is 17.9 Å². The van der Waals surface area contributed by atoms with Crippen molar-refractivity contribution in [3.63, 3.8) is 0 Å². The van der Waals surface area contributed by atoms with Crippen LogP contribution in [0.25, 0.3) is 0 Å². The Morgan fingerprint density at radius 1 is 0.263 bits per heavy atom. The van der Waals surface area contributed by atoms with Crippen molar-refractivity contribution < 1.29 is 28.6 Å². The summed E-state index contributed by atoms with van der Waals surface area (Å²) in [6.45, 7) is 6.35. The maximum Gasteiger partial charge on any atom is 0.306 e. The lowest BCUT2D eigenvalue weighted by Gasteiger charge is -2.18. The van der Waals surface area contributed by atoms with E-state index in [-0.39, 0.29) is 37.5 Å². The van der Waals surface area contributed by atoms with Crippen molar-refractivity contribution in [3.8, 4) is 0 Å². The quantitative estimate of drug-likeness (QED) is 0.0261. The third-order valence-electron chi connectivity index (χ3n) is 13.6. The largest absolute Gasteiger partial charge is 0.462 e. The van der Waals surface area contributed by atoms with Crippen LogP contribution in [-0.4, -0.2) is 37.2 Å². The average Bonchev–Trinajstić information content (AvgIpc) is 3.46. The van der Waals surface area contributed by atoms with Crippen LogP contribution in [0.2, 0.25) is 0 Å². The van der Waals surface area contributed by atoms with Crippen LogP contribution in [-0.2, 0) is 28.6 Å². The van der Waals surface area contributed by atoms with Gasteiger partial charge >= 0.3 is 17.9 Å². The predicted octanol–water partition coefficient (Wildman–Crippen LogP) is 22.7. The molecule has 0 aliphatic rings. The molecule has 0 aromatic rings. The second-order valence-corrected chi connectivity index (χ2v) is 21.3. The fourth-order valence-corrected chi connectivity index (χ4v) is 8.70. The summed E-state index contributed by atoms with van der Waals surface area (Å²) in [6, 6.07) is 0. The lowest BCUT2D eigenvalue weighted by molar-refractivity contribution is -0.167. The second kappa shape index (κ2) is 66.8. The monoisotopic (exact) mass is 1100 g/mol. The van der Waals surface area contributed by atoms with Crippen LogP contribution in [0.5, 0.6) is 0 Å². The zero-order valence-electron chi connectivity index (χ0n) is 51.8. The predicted molar refractivity (Wildman–Crippen MR) is 348 cm³/mol. The summed E-state index contributed by atoms with van der Waals surface area (Å²) >= 11 is 0. The fourth-order valence-electron chi connectivity index (χ4n) is 8.70. The van der Waals surface area contributed by atoms with Gasteiger partial charge in [0.2, 0.25) is 0 Å². The summed E-state index contributed by atoms with van der Waals surface area (Å²) in [5.41, 5.74) is 0. The van der Waals surface area contributed by atoms with Gasteiger partial charge in [-0.1, -0.05) is 269 Å². The zero-order valence-corrected chi connectivity index (χ0v) is 51.8. The van der Waals surface area contributed by atoms with Crippen molar-refractivity contribution in [2.75, 3.05) is 13.2 Å². The Morgan fingerprint density at radius 3 is 0.800 bits per heavy atom. The molecule has 6 nitrogen and oxygen atoms in total. The number of hydrogen-bond acceptors (Lipinski definition) is 6. The number of carbonyl (C=O) groups excluding carboxylic acids is 3. The minimum atomic E-state index is -0.811. The lowest BCUT2D eigenvalue weighted by Crippen LogP contribution is -2.30. The van der Waals surface area contributed by atoms with E-state index in [1.54, 1.807) is 0 Å². The van der Waals surface area contributed by atoms with Crippen molar-refractivity contribution in [1.82, 2.24) is 0 Å². The van der Waals surface area contributed by atoms with E-state index >= 15 is 0 Å². The summed E-state index contributed by atoms with van der Waals surface area (Å²) in [5.74, 6) is -0.956. The first-order chi connectivity index (χ1) is 39.5. The van der Waals surface area contributed by atoms with Gasteiger partial charge in [0.1, 0.15) is 13.2 Å². The van der Waals surface area contributed by atoms with Crippen molar-refractivity contribution in [1.29, 1.82) is 0 Å². The molecule has 1 atom stereocenters. The molecule has 0 aromatic heterocycles. The molecule has 0 N–H and O–H groups in total. The van der Waals surface area contributed by atoms with Crippen LogP contribution >= 0.6 is 0 Å². The highest BCUT2D eigenvalue weighted by molar-refractivity contribution is 5.71. The number of hydrogen-bond donors (Lipinski definition) is 0. The number of allylic oxidation sites excluding steroid dienone is 24. The molecule has 0 aromatic carbocycles. The van der Waals surface area contributed by atoms with Gasteiger partial charge in [-0.15, -0.1) is 0 Å². The normalized spacial score (nSPS) is 13.1. The Bertz CT molecular complexity index is 1750. The third kappa shape index (κ3) is 64.1. The number of esters is 3. The molecule has 0 saturated heterocycles. The Kier molecular flexibility index (Phi) is 62.9. The number of rotatable bonds is 58. The van der Waals surface area contributed by atoms with Crippen LogP contribution in [0, 0.1) is 0 Å². The number of unbranched alkanes of at least 4 members (excludes halogenated alkanes) is 23. The van der Waals surface area contributed by atoms with E-state index in [1.807, 2.05) is 0 Å². The highest BCUT2D eigenvalue weighted by Crippen LogP contribution is 2.15. The molecular weight excluding hydrogens is 985 g/mol. The summed E-state index contributed by atoms with van der Waals surface area (Å²) in [4.78, 5) is 38.3. The molecule has 0 rings (SSSR count). The van der Waals surface area contributed by atoms with Gasteiger partial charge in [-0.3, -0.25) is 14.4 Å². The van der Waals surface area contributed by atoms with Gasteiger partial charge in [-0.2, -0.15) is 0 Å². The Balaban J connectivity index is 4.35. The zero-order chi connectivity index (χ0) is 57.8. The standard InChI is InChI=1S/C74H120O6/c1-4-7-10-13-16-19-22-25-27-29-31-33-34-35-36-37-38-39-40-42-43-45-47-49-52-55-58-61-64-67-73(76)79-70-71(69-78-72(75)66-63-60-57-54-51-24-21-18-15-12-9-6-3)80-74(77)68-65-62-59-56-53-50-48-46-44-41-32-30-28-26-23-20-17-14-11-8-5-2/h7-8,10-11,16-21,25-28,31-33,35-36,41,46,48,53,56,71H,4-6,9,12-15,22-24,29-30,34,37-40,42-45,47,49-52,54-55,57-70H2,1-3H3/b10-7-,11-8-,19-16-,20-17-,21-18-,27-25-,28-26-,33-31-,36-35-,41-32-,48-46-,56-53-. The van der Waals surface area contributed by atoms with Crippen LogP contribution in [0.15, 0.2) is 146 Å². The van der Waals surface area contributed by atoms with E-state index in [0.717, 1.165) is 135 Å². The van der Waals surface area contributed by atoms with Crippen molar-refractivity contribution in [3.05, 3.63) is 146 Å². The minimum Gasteiger partial charge on any atom is -0.462 e. The number of ether oxygens (including phenoxy) is 3. The van der Waals surface area contributed by atoms with Gasteiger partial charge in [-0.25, -0.2) is 0 Å². The first-order valence-corrected chi connectivity index (χ1v) is 32.8. The van der Waals surface area contributed by atoms with Crippen molar-refractivity contribution in [2.24, 2.45) is 0 Å².